The summed E-state index contributed by atoms with van der Waals surface area (Å²) in [6.07, 6.45) is 0. The minimum atomic E-state index is -3.92. The third-order valence-electron chi connectivity index (χ3n) is 2.73. The highest BCUT2D eigenvalue weighted by Gasteiger charge is 2.28. The van der Waals surface area contributed by atoms with Gasteiger partial charge in [-0.2, -0.15) is 4.72 Å². The summed E-state index contributed by atoms with van der Waals surface area (Å²) < 4.78 is 32.5. The van der Waals surface area contributed by atoms with Gasteiger partial charge in [-0.25, -0.2) is 8.42 Å². The number of carboxylic acid groups (broad SMARTS) is 1. The molecule has 0 spiro atoms. The first-order valence-electron chi connectivity index (χ1n) is 6.36. The van der Waals surface area contributed by atoms with Gasteiger partial charge in [-0.3, -0.25) is 4.79 Å². The molecule has 1 unspecified atom stereocenters. The third-order valence-corrected chi connectivity index (χ3v) is 4.79. The summed E-state index contributed by atoms with van der Waals surface area (Å²) >= 11 is 3.23. The average molecular weight is 380 g/mol. The molecule has 0 aliphatic heterocycles. The molecular formula is C13H18BrNO5S. The van der Waals surface area contributed by atoms with E-state index in [1.54, 1.807) is 13.8 Å². The molecule has 1 aromatic carbocycles. The van der Waals surface area contributed by atoms with Crippen molar-refractivity contribution in [2.75, 3.05) is 6.61 Å². The predicted octanol–water partition coefficient (Wildman–Crippen LogP) is 2.24. The van der Waals surface area contributed by atoms with Crippen molar-refractivity contribution in [3.05, 3.63) is 22.7 Å². The predicted molar refractivity (Wildman–Crippen MR) is 81.9 cm³/mol. The standard InChI is InChI=1S/C13H18BrNO5S/c1-4-20-11-6-5-9(7-10(11)14)21(18,19)15-12(8(2)3)13(16)17/h5-8,12,15H,4H2,1-3H3,(H,16,17). The first kappa shape index (κ1) is 17.9. The first-order chi connectivity index (χ1) is 9.69. The zero-order chi connectivity index (χ0) is 16.2. The lowest BCUT2D eigenvalue weighted by Crippen LogP contribution is -2.44. The minimum absolute atomic E-state index is 0.0234. The van der Waals surface area contributed by atoms with Gasteiger partial charge in [0.25, 0.3) is 0 Å². The largest absolute Gasteiger partial charge is 0.493 e. The number of aliphatic carboxylic acids is 1. The van der Waals surface area contributed by atoms with Gasteiger partial charge in [0.1, 0.15) is 11.8 Å². The molecule has 21 heavy (non-hydrogen) atoms. The van der Waals surface area contributed by atoms with Crippen LogP contribution in [0, 0.1) is 5.92 Å². The van der Waals surface area contributed by atoms with E-state index in [9.17, 15) is 13.2 Å². The molecule has 0 aliphatic rings. The molecular weight excluding hydrogens is 362 g/mol. The fraction of sp³-hybridized carbons (Fsp3) is 0.462. The number of hydrogen-bond donors (Lipinski definition) is 2. The number of halogens is 1. The van der Waals surface area contributed by atoms with Crippen molar-refractivity contribution in [2.45, 2.75) is 31.7 Å². The summed E-state index contributed by atoms with van der Waals surface area (Å²) in [6, 6.07) is 3.09. The van der Waals surface area contributed by atoms with Crippen molar-refractivity contribution in [1.82, 2.24) is 4.72 Å². The minimum Gasteiger partial charge on any atom is -0.493 e. The Balaban J connectivity index is 3.08. The Morgan fingerprint density at radius 2 is 2.05 bits per heavy atom. The molecule has 0 heterocycles. The van der Waals surface area contributed by atoms with Crippen LogP contribution in [0.15, 0.2) is 27.6 Å². The fourth-order valence-electron chi connectivity index (χ4n) is 1.63. The van der Waals surface area contributed by atoms with Gasteiger partial charge in [0.2, 0.25) is 10.0 Å². The number of hydrogen-bond acceptors (Lipinski definition) is 4. The van der Waals surface area contributed by atoms with Crippen LogP contribution in [0.25, 0.3) is 0 Å². The van der Waals surface area contributed by atoms with Crippen LogP contribution in [0.2, 0.25) is 0 Å². The SMILES string of the molecule is CCOc1ccc(S(=O)(=O)NC(C(=O)O)C(C)C)cc1Br. The summed E-state index contributed by atoms with van der Waals surface area (Å²) in [5.74, 6) is -1.06. The van der Waals surface area contributed by atoms with Crippen molar-refractivity contribution >= 4 is 31.9 Å². The van der Waals surface area contributed by atoms with Crippen molar-refractivity contribution < 1.29 is 23.1 Å². The summed E-state index contributed by atoms with van der Waals surface area (Å²) in [5.41, 5.74) is 0. The van der Waals surface area contributed by atoms with E-state index < -0.39 is 22.0 Å². The molecule has 0 bridgehead atoms. The molecule has 1 atom stereocenters. The second kappa shape index (κ2) is 7.24. The quantitative estimate of drug-likeness (QED) is 0.757. The van der Waals surface area contributed by atoms with E-state index >= 15 is 0 Å². The van der Waals surface area contributed by atoms with Crippen LogP contribution in [0.5, 0.6) is 5.75 Å². The maximum absolute atomic E-state index is 12.2. The molecule has 8 heteroatoms. The van der Waals surface area contributed by atoms with Gasteiger partial charge in [0.05, 0.1) is 16.0 Å². The number of carboxylic acids is 1. The normalized spacial score (nSPS) is 13.2. The highest BCUT2D eigenvalue weighted by Crippen LogP contribution is 2.28. The van der Waals surface area contributed by atoms with Gasteiger partial charge in [0, 0.05) is 0 Å². The number of rotatable bonds is 7. The van der Waals surface area contributed by atoms with Crippen LogP contribution >= 0.6 is 15.9 Å². The van der Waals surface area contributed by atoms with Gasteiger partial charge >= 0.3 is 5.97 Å². The maximum Gasteiger partial charge on any atom is 0.322 e. The summed E-state index contributed by atoms with van der Waals surface area (Å²) in [7, 11) is -3.92. The third kappa shape index (κ3) is 4.69. The monoisotopic (exact) mass is 379 g/mol. The van der Waals surface area contributed by atoms with Gasteiger partial charge in [-0.05, 0) is 47.0 Å². The molecule has 2 N–H and O–H groups in total. The topological polar surface area (TPSA) is 92.7 Å². The lowest BCUT2D eigenvalue weighted by Gasteiger charge is -2.18. The summed E-state index contributed by atoms with van der Waals surface area (Å²) in [5, 5.41) is 9.07. The van der Waals surface area contributed by atoms with Crippen LogP contribution in [0.4, 0.5) is 0 Å². The van der Waals surface area contributed by atoms with Crippen molar-refractivity contribution in [3.8, 4) is 5.75 Å². The van der Waals surface area contributed by atoms with E-state index in [2.05, 4.69) is 20.7 Å². The molecule has 1 aromatic rings. The molecule has 0 fully saturated rings. The molecule has 0 aliphatic carbocycles. The molecule has 0 saturated heterocycles. The Kier molecular flexibility index (Phi) is 6.18. The van der Waals surface area contributed by atoms with Gasteiger partial charge in [0.15, 0.2) is 0 Å². The van der Waals surface area contributed by atoms with Crippen molar-refractivity contribution in [1.29, 1.82) is 0 Å². The lowest BCUT2D eigenvalue weighted by atomic mass is 10.1. The average Bonchev–Trinajstić information content (AvgIpc) is 2.38. The smallest absolute Gasteiger partial charge is 0.322 e. The Morgan fingerprint density at radius 1 is 1.43 bits per heavy atom. The summed E-state index contributed by atoms with van der Waals surface area (Å²) in [6.45, 7) is 5.54. The molecule has 1 rings (SSSR count). The molecule has 118 valence electrons. The van der Waals surface area contributed by atoms with E-state index in [0.717, 1.165) is 0 Å². The Hall–Kier alpha value is -1.12. The number of sulfonamides is 1. The Bertz CT molecular complexity index is 615. The number of benzene rings is 1. The van der Waals surface area contributed by atoms with Crippen LogP contribution in [-0.2, 0) is 14.8 Å². The van der Waals surface area contributed by atoms with E-state index in [0.29, 0.717) is 16.8 Å². The second-order valence-electron chi connectivity index (χ2n) is 4.71. The van der Waals surface area contributed by atoms with Crippen molar-refractivity contribution in [2.24, 2.45) is 5.92 Å². The molecule has 0 saturated carbocycles. The molecule has 0 amide bonds. The number of ether oxygens (including phenoxy) is 1. The van der Waals surface area contributed by atoms with Crippen LogP contribution < -0.4 is 9.46 Å². The van der Waals surface area contributed by atoms with E-state index in [-0.39, 0.29) is 10.8 Å². The number of nitrogens with one attached hydrogen (secondary N) is 1. The molecule has 0 radical (unpaired) electrons. The highest BCUT2D eigenvalue weighted by molar-refractivity contribution is 9.10. The highest BCUT2D eigenvalue weighted by atomic mass is 79.9. The molecule has 6 nitrogen and oxygen atoms in total. The van der Waals surface area contributed by atoms with E-state index in [1.165, 1.54) is 18.2 Å². The van der Waals surface area contributed by atoms with E-state index in [4.69, 9.17) is 9.84 Å². The van der Waals surface area contributed by atoms with Crippen LogP contribution in [0.1, 0.15) is 20.8 Å². The molecule has 0 aromatic heterocycles. The van der Waals surface area contributed by atoms with Gasteiger partial charge < -0.3 is 9.84 Å². The van der Waals surface area contributed by atoms with Crippen molar-refractivity contribution in [3.63, 3.8) is 0 Å². The lowest BCUT2D eigenvalue weighted by molar-refractivity contribution is -0.140. The van der Waals surface area contributed by atoms with Gasteiger partial charge in [-0.15, -0.1) is 0 Å². The fourth-order valence-corrected chi connectivity index (χ4v) is 3.64. The summed E-state index contributed by atoms with van der Waals surface area (Å²) in [4.78, 5) is 11.1. The Labute approximate surface area is 132 Å². The number of carbonyl (C=O) groups is 1. The van der Waals surface area contributed by atoms with E-state index in [1.807, 2.05) is 6.92 Å². The second-order valence-corrected chi connectivity index (χ2v) is 7.27. The first-order valence-corrected chi connectivity index (χ1v) is 8.64. The Morgan fingerprint density at radius 3 is 2.48 bits per heavy atom. The van der Waals surface area contributed by atoms with Crippen LogP contribution in [-0.4, -0.2) is 32.1 Å². The van der Waals surface area contributed by atoms with Crippen LogP contribution in [0.3, 0.4) is 0 Å². The zero-order valence-corrected chi connectivity index (χ0v) is 14.4. The zero-order valence-electron chi connectivity index (χ0n) is 12.0. The maximum atomic E-state index is 12.2. The van der Waals surface area contributed by atoms with Gasteiger partial charge in [-0.1, -0.05) is 13.8 Å².